The van der Waals surface area contributed by atoms with Crippen molar-refractivity contribution in [1.82, 2.24) is 15.0 Å². The quantitative estimate of drug-likeness (QED) is 0.737. The molecule has 3 heterocycles. The molecule has 3 rings (SSSR count). The third-order valence-corrected chi connectivity index (χ3v) is 3.42. The maximum Gasteiger partial charge on any atom is 0.419 e. The molecule has 7 nitrogen and oxygen atoms in total. The Labute approximate surface area is 149 Å². The minimum Gasteiger partial charge on any atom is -0.389 e. The van der Waals surface area contributed by atoms with E-state index in [1.54, 1.807) is 31.3 Å². The Hall–Kier alpha value is -3.55. The van der Waals surface area contributed by atoms with Gasteiger partial charge in [0.05, 0.1) is 17.6 Å². The summed E-state index contributed by atoms with van der Waals surface area (Å²) in [6.45, 7) is 3.64. The summed E-state index contributed by atoms with van der Waals surface area (Å²) >= 11 is 0. The van der Waals surface area contributed by atoms with Gasteiger partial charge in [0, 0.05) is 11.9 Å². The van der Waals surface area contributed by atoms with Crippen LogP contribution in [0.5, 0.6) is 5.88 Å². The number of nitrogens with zero attached hydrogens (tertiary/aromatic N) is 3. The molecule has 0 fully saturated rings. The summed E-state index contributed by atoms with van der Waals surface area (Å²) in [5, 5.41) is 5.57. The number of hydrogen-bond acceptors (Lipinski definition) is 6. The van der Waals surface area contributed by atoms with Gasteiger partial charge in [-0.25, -0.2) is 19.2 Å². The van der Waals surface area contributed by atoms with Crippen molar-refractivity contribution in [3.63, 3.8) is 0 Å². The molecule has 2 N–H and O–H groups in total. The summed E-state index contributed by atoms with van der Waals surface area (Å²) in [6.07, 6.45) is 1.90. The lowest BCUT2D eigenvalue weighted by Gasteiger charge is -2.13. The highest BCUT2D eigenvalue weighted by Gasteiger charge is 2.13. The van der Waals surface area contributed by atoms with Gasteiger partial charge in [-0.05, 0) is 50.2 Å². The molecule has 0 atom stereocenters. The maximum absolute atomic E-state index is 12.9. The first kappa shape index (κ1) is 17.3. The number of nitrogens with one attached hydrogen (secondary N) is 2. The number of halogens is 1. The number of rotatable bonds is 4. The summed E-state index contributed by atoms with van der Waals surface area (Å²) in [6, 6.07) is 9.72. The van der Waals surface area contributed by atoms with Gasteiger partial charge in [-0.15, -0.1) is 0 Å². The summed E-state index contributed by atoms with van der Waals surface area (Å²) in [4.78, 5) is 24.3. The number of aryl methyl sites for hydroxylation is 2. The van der Waals surface area contributed by atoms with Crippen LogP contribution in [0.3, 0.4) is 0 Å². The van der Waals surface area contributed by atoms with E-state index < -0.39 is 11.9 Å². The maximum atomic E-state index is 12.9. The van der Waals surface area contributed by atoms with E-state index in [-0.39, 0.29) is 11.7 Å². The molecule has 0 spiro atoms. The zero-order valence-electron chi connectivity index (χ0n) is 14.2. The number of aromatic nitrogens is 3. The largest absolute Gasteiger partial charge is 0.419 e. The van der Waals surface area contributed by atoms with Crippen molar-refractivity contribution >= 4 is 23.3 Å². The van der Waals surface area contributed by atoms with Crippen LogP contribution in [0, 0.1) is 19.7 Å². The fourth-order valence-corrected chi connectivity index (χ4v) is 2.13. The smallest absolute Gasteiger partial charge is 0.389 e. The second-order valence-corrected chi connectivity index (χ2v) is 5.44. The number of carbonyl (C=O) groups is 1. The predicted octanol–water partition coefficient (Wildman–Crippen LogP) is 3.98. The number of carbonyl (C=O) groups excluding carboxylic acids is 1. The normalized spacial score (nSPS) is 10.3. The molecule has 0 saturated carbocycles. The Morgan fingerprint density at radius 1 is 1.08 bits per heavy atom. The fraction of sp³-hybridized carbons (Fsp3) is 0.111. The lowest BCUT2D eigenvalue weighted by Crippen LogP contribution is -2.19. The molecule has 0 aliphatic rings. The number of amides is 1. The van der Waals surface area contributed by atoms with Gasteiger partial charge in [0.25, 0.3) is 0 Å². The first-order valence-electron chi connectivity index (χ1n) is 7.78. The molecule has 3 aromatic rings. The van der Waals surface area contributed by atoms with Crippen LogP contribution in [-0.4, -0.2) is 21.0 Å². The second-order valence-electron chi connectivity index (χ2n) is 5.44. The molecule has 3 aromatic heterocycles. The standard InChI is InChI=1S/C18H16FN5O2/c1-11-5-7-15(23-14-4-3-9-20-12(14)2)17(22-11)26-18(25)24-16-8-6-13(19)10-21-16/h3-10,23H,1-2H3,(H,21,24,25). The van der Waals surface area contributed by atoms with Crippen LogP contribution in [-0.2, 0) is 0 Å². The Bertz CT molecular complexity index is 931. The molecular weight excluding hydrogens is 337 g/mol. The number of ether oxygens (including phenoxy) is 1. The molecule has 132 valence electrons. The third-order valence-electron chi connectivity index (χ3n) is 3.42. The van der Waals surface area contributed by atoms with Gasteiger partial charge < -0.3 is 10.1 Å². The van der Waals surface area contributed by atoms with E-state index in [0.29, 0.717) is 11.4 Å². The Kier molecular flexibility index (Phi) is 5.02. The van der Waals surface area contributed by atoms with Gasteiger partial charge >= 0.3 is 6.09 Å². The molecule has 0 bridgehead atoms. The van der Waals surface area contributed by atoms with Gasteiger partial charge in [0.2, 0.25) is 5.88 Å². The molecule has 1 amide bonds. The average molecular weight is 353 g/mol. The highest BCUT2D eigenvalue weighted by molar-refractivity contribution is 5.86. The van der Waals surface area contributed by atoms with E-state index >= 15 is 0 Å². The van der Waals surface area contributed by atoms with Crippen LogP contribution in [0.1, 0.15) is 11.4 Å². The summed E-state index contributed by atoms with van der Waals surface area (Å²) in [7, 11) is 0. The number of hydrogen-bond donors (Lipinski definition) is 2. The zero-order chi connectivity index (χ0) is 18.5. The molecular formula is C18H16FN5O2. The average Bonchev–Trinajstić information content (AvgIpc) is 2.61. The van der Waals surface area contributed by atoms with Crippen LogP contribution in [0.25, 0.3) is 0 Å². The summed E-state index contributed by atoms with van der Waals surface area (Å²) in [5.41, 5.74) is 2.75. The third kappa shape index (κ3) is 4.29. The van der Waals surface area contributed by atoms with Crippen molar-refractivity contribution in [3.8, 4) is 5.88 Å². The second kappa shape index (κ2) is 7.56. The van der Waals surface area contributed by atoms with Gasteiger partial charge in [-0.3, -0.25) is 10.3 Å². The molecule has 0 radical (unpaired) electrons. The topological polar surface area (TPSA) is 89.0 Å². The van der Waals surface area contributed by atoms with Gasteiger partial charge in [0.1, 0.15) is 17.3 Å². The van der Waals surface area contributed by atoms with Crippen LogP contribution in [0.15, 0.2) is 48.8 Å². The molecule has 26 heavy (non-hydrogen) atoms. The van der Waals surface area contributed by atoms with E-state index in [1.807, 2.05) is 13.0 Å². The molecule has 0 aliphatic carbocycles. The minimum atomic E-state index is -0.784. The predicted molar refractivity (Wildman–Crippen MR) is 95.1 cm³/mol. The first-order valence-corrected chi connectivity index (χ1v) is 7.78. The Balaban J connectivity index is 1.78. The van der Waals surface area contributed by atoms with E-state index in [0.717, 1.165) is 17.6 Å². The van der Waals surface area contributed by atoms with Crippen LogP contribution < -0.4 is 15.4 Å². The Morgan fingerprint density at radius 2 is 1.92 bits per heavy atom. The monoisotopic (exact) mass is 353 g/mol. The van der Waals surface area contributed by atoms with Crippen molar-refractivity contribution in [2.45, 2.75) is 13.8 Å². The molecule has 0 unspecified atom stereocenters. The van der Waals surface area contributed by atoms with Crippen molar-refractivity contribution in [2.75, 3.05) is 10.6 Å². The van der Waals surface area contributed by atoms with Gasteiger partial charge in [0.15, 0.2) is 0 Å². The SMILES string of the molecule is Cc1ccc(Nc2cccnc2C)c(OC(=O)Nc2ccc(F)cn2)n1. The number of anilines is 3. The lowest BCUT2D eigenvalue weighted by atomic mass is 10.3. The van der Waals surface area contributed by atoms with Crippen LogP contribution >= 0.6 is 0 Å². The fourth-order valence-electron chi connectivity index (χ4n) is 2.13. The van der Waals surface area contributed by atoms with Crippen molar-refractivity contribution in [2.24, 2.45) is 0 Å². The highest BCUT2D eigenvalue weighted by atomic mass is 19.1. The van der Waals surface area contributed by atoms with Crippen molar-refractivity contribution in [3.05, 3.63) is 66.0 Å². The van der Waals surface area contributed by atoms with Gasteiger partial charge in [-0.2, -0.15) is 0 Å². The van der Waals surface area contributed by atoms with E-state index in [9.17, 15) is 9.18 Å². The molecule has 8 heteroatoms. The summed E-state index contributed by atoms with van der Waals surface area (Å²) in [5.74, 6) is -0.225. The van der Waals surface area contributed by atoms with Crippen molar-refractivity contribution in [1.29, 1.82) is 0 Å². The van der Waals surface area contributed by atoms with Crippen LogP contribution in [0.2, 0.25) is 0 Å². The summed E-state index contributed by atoms with van der Waals surface area (Å²) < 4.78 is 18.2. The van der Waals surface area contributed by atoms with E-state index in [1.165, 1.54) is 12.1 Å². The molecule has 0 aliphatic heterocycles. The van der Waals surface area contributed by atoms with Crippen molar-refractivity contribution < 1.29 is 13.9 Å². The molecule has 0 saturated heterocycles. The molecule has 0 aromatic carbocycles. The Morgan fingerprint density at radius 3 is 2.65 bits per heavy atom. The minimum absolute atomic E-state index is 0.105. The highest BCUT2D eigenvalue weighted by Crippen LogP contribution is 2.27. The van der Waals surface area contributed by atoms with E-state index in [4.69, 9.17) is 4.74 Å². The van der Waals surface area contributed by atoms with Gasteiger partial charge in [-0.1, -0.05) is 0 Å². The first-order chi connectivity index (χ1) is 12.5. The number of pyridine rings is 3. The van der Waals surface area contributed by atoms with E-state index in [2.05, 4.69) is 25.6 Å². The zero-order valence-corrected chi connectivity index (χ0v) is 14.2. The lowest BCUT2D eigenvalue weighted by molar-refractivity contribution is 0.213. The van der Waals surface area contributed by atoms with Crippen LogP contribution in [0.4, 0.5) is 26.4 Å².